The molecule has 0 spiro atoms. The number of benzene rings is 1. The lowest BCUT2D eigenvalue weighted by Crippen LogP contribution is -2.48. The van der Waals surface area contributed by atoms with Crippen LogP contribution >= 0.6 is 23.8 Å². The average Bonchev–Trinajstić information content (AvgIpc) is 3.32. The highest BCUT2D eigenvalue weighted by Gasteiger charge is 2.41. The molecule has 0 amide bonds. The van der Waals surface area contributed by atoms with E-state index in [2.05, 4.69) is 5.32 Å². The first-order valence-electron chi connectivity index (χ1n) is 7.76. The minimum absolute atomic E-state index is 0.324. The third kappa shape index (κ3) is 3.08. The molecule has 0 aromatic heterocycles. The summed E-state index contributed by atoms with van der Waals surface area (Å²) in [5, 5.41) is 4.52. The third-order valence-electron chi connectivity index (χ3n) is 4.15. The van der Waals surface area contributed by atoms with Crippen LogP contribution in [0.3, 0.4) is 0 Å². The van der Waals surface area contributed by atoms with E-state index in [1.807, 2.05) is 36.1 Å². The highest BCUT2D eigenvalue weighted by molar-refractivity contribution is 7.80. The molecule has 1 aliphatic carbocycles. The van der Waals surface area contributed by atoms with E-state index in [1.54, 1.807) is 6.92 Å². The number of rotatable bonds is 4. The highest BCUT2D eigenvalue weighted by Crippen LogP contribution is 2.39. The zero-order valence-electron chi connectivity index (χ0n) is 13.1. The number of carbonyl (C=O) groups is 1. The van der Waals surface area contributed by atoms with Gasteiger partial charge >= 0.3 is 5.97 Å². The molecule has 122 valence electrons. The fraction of sp³-hybridized carbons (Fsp3) is 0.412. The quantitative estimate of drug-likeness (QED) is 0.664. The maximum Gasteiger partial charge on any atom is 0.338 e. The molecule has 1 aromatic rings. The fourth-order valence-corrected chi connectivity index (χ4v) is 3.59. The maximum absolute atomic E-state index is 12.6. The van der Waals surface area contributed by atoms with Crippen molar-refractivity contribution in [2.45, 2.75) is 38.8 Å². The van der Waals surface area contributed by atoms with Gasteiger partial charge in [0.25, 0.3) is 0 Å². The summed E-state index contributed by atoms with van der Waals surface area (Å²) in [6.45, 7) is 4.07. The van der Waals surface area contributed by atoms with E-state index >= 15 is 0 Å². The zero-order chi connectivity index (χ0) is 16.6. The lowest BCUT2D eigenvalue weighted by atomic mass is 9.95. The second-order valence-electron chi connectivity index (χ2n) is 5.72. The minimum atomic E-state index is -0.384. The van der Waals surface area contributed by atoms with E-state index in [-0.39, 0.29) is 12.0 Å². The van der Waals surface area contributed by atoms with Crippen molar-refractivity contribution in [3.8, 4) is 0 Å². The van der Waals surface area contributed by atoms with Crippen LogP contribution in [0.5, 0.6) is 0 Å². The van der Waals surface area contributed by atoms with E-state index in [0.717, 1.165) is 24.1 Å². The molecule has 1 N–H and O–H groups in total. The van der Waals surface area contributed by atoms with Gasteiger partial charge in [0.05, 0.1) is 18.2 Å². The number of thiocarbonyl (C=S) groups is 1. The highest BCUT2D eigenvalue weighted by atomic mass is 35.5. The summed E-state index contributed by atoms with van der Waals surface area (Å²) >= 11 is 11.9. The number of esters is 1. The van der Waals surface area contributed by atoms with E-state index in [0.29, 0.717) is 28.4 Å². The van der Waals surface area contributed by atoms with Crippen LogP contribution in [0.15, 0.2) is 35.5 Å². The monoisotopic (exact) mass is 350 g/mol. The van der Waals surface area contributed by atoms with Crippen LogP contribution in [0, 0.1) is 0 Å². The first-order valence-corrected chi connectivity index (χ1v) is 8.55. The van der Waals surface area contributed by atoms with Crippen LogP contribution in [0.25, 0.3) is 0 Å². The molecule has 0 bridgehead atoms. The van der Waals surface area contributed by atoms with Crippen LogP contribution < -0.4 is 5.32 Å². The molecule has 6 heteroatoms. The number of carbonyl (C=O) groups excluding carboxylic acids is 1. The van der Waals surface area contributed by atoms with Crippen molar-refractivity contribution in [1.29, 1.82) is 0 Å². The molecule has 1 atom stereocenters. The van der Waals surface area contributed by atoms with Gasteiger partial charge in [0.2, 0.25) is 0 Å². The molecule has 0 saturated heterocycles. The summed E-state index contributed by atoms with van der Waals surface area (Å²) in [5.74, 6) is -0.324. The largest absolute Gasteiger partial charge is 0.463 e. The van der Waals surface area contributed by atoms with E-state index < -0.39 is 0 Å². The summed E-state index contributed by atoms with van der Waals surface area (Å²) in [5.41, 5.74) is 2.27. The van der Waals surface area contributed by atoms with Crippen LogP contribution in [-0.2, 0) is 9.53 Å². The molecule has 1 fully saturated rings. The van der Waals surface area contributed by atoms with Gasteiger partial charge in [-0.2, -0.15) is 0 Å². The Morgan fingerprint density at radius 2 is 2.13 bits per heavy atom. The summed E-state index contributed by atoms with van der Waals surface area (Å²) < 4.78 is 5.28. The summed E-state index contributed by atoms with van der Waals surface area (Å²) in [7, 11) is 0. The normalized spacial score (nSPS) is 21.3. The summed E-state index contributed by atoms with van der Waals surface area (Å²) in [4.78, 5) is 14.6. The average molecular weight is 351 g/mol. The van der Waals surface area contributed by atoms with Crippen molar-refractivity contribution in [2.24, 2.45) is 0 Å². The Hall–Kier alpha value is -1.59. The lowest BCUT2D eigenvalue weighted by Gasteiger charge is -2.38. The van der Waals surface area contributed by atoms with Crippen molar-refractivity contribution >= 4 is 34.9 Å². The number of nitrogens with zero attached hydrogens (tertiary/aromatic N) is 1. The molecular weight excluding hydrogens is 332 g/mol. The SMILES string of the molecule is CCOC(=O)C1=C(C)N(C2CC2)C(=S)N[C@H]1c1ccccc1Cl. The van der Waals surface area contributed by atoms with Crippen molar-refractivity contribution in [3.05, 3.63) is 46.1 Å². The number of hydrogen-bond acceptors (Lipinski definition) is 3. The third-order valence-corrected chi connectivity index (χ3v) is 4.81. The molecule has 2 aliphatic rings. The predicted molar refractivity (Wildman–Crippen MR) is 94.1 cm³/mol. The van der Waals surface area contributed by atoms with Crippen molar-refractivity contribution < 1.29 is 9.53 Å². The molecular formula is C17H19ClN2O2S. The molecule has 1 heterocycles. The molecule has 23 heavy (non-hydrogen) atoms. The predicted octanol–water partition coefficient (Wildman–Crippen LogP) is 3.57. The van der Waals surface area contributed by atoms with Gasteiger partial charge < -0.3 is 15.0 Å². The summed E-state index contributed by atoms with van der Waals surface area (Å²) in [6, 6.07) is 7.48. The van der Waals surface area contributed by atoms with Gasteiger partial charge in [-0.15, -0.1) is 0 Å². The zero-order valence-corrected chi connectivity index (χ0v) is 14.7. The molecule has 0 radical (unpaired) electrons. The number of nitrogens with one attached hydrogen (secondary N) is 1. The van der Waals surface area contributed by atoms with Crippen LogP contribution in [0.2, 0.25) is 5.02 Å². The first-order chi connectivity index (χ1) is 11.0. The first kappa shape index (κ1) is 16.3. The van der Waals surface area contributed by atoms with Crippen LogP contribution in [-0.4, -0.2) is 28.6 Å². The Morgan fingerprint density at radius 1 is 1.43 bits per heavy atom. The smallest absolute Gasteiger partial charge is 0.338 e. The fourth-order valence-electron chi connectivity index (χ4n) is 2.95. The maximum atomic E-state index is 12.6. The van der Waals surface area contributed by atoms with E-state index in [1.165, 1.54) is 0 Å². The Morgan fingerprint density at radius 3 is 2.74 bits per heavy atom. The van der Waals surface area contributed by atoms with E-state index in [9.17, 15) is 4.79 Å². The van der Waals surface area contributed by atoms with Gasteiger partial charge in [0, 0.05) is 16.8 Å². The molecule has 3 rings (SSSR count). The molecule has 1 saturated carbocycles. The number of hydrogen-bond donors (Lipinski definition) is 1. The van der Waals surface area contributed by atoms with Crippen LogP contribution in [0.1, 0.15) is 38.3 Å². The van der Waals surface area contributed by atoms with Gasteiger partial charge in [-0.25, -0.2) is 4.79 Å². The topological polar surface area (TPSA) is 41.6 Å². The minimum Gasteiger partial charge on any atom is -0.463 e. The van der Waals surface area contributed by atoms with Crippen molar-refractivity contribution in [2.75, 3.05) is 6.61 Å². The number of ether oxygens (including phenoxy) is 1. The summed E-state index contributed by atoms with van der Waals surface area (Å²) in [6.07, 6.45) is 2.18. The molecule has 1 aromatic carbocycles. The Bertz CT molecular complexity index is 685. The van der Waals surface area contributed by atoms with Crippen LogP contribution in [0.4, 0.5) is 0 Å². The molecule has 1 aliphatic heterocycles. The Balaban J connectivity index is 2.08. The second-order valence-corrected chi connectivity index (χ2v) is 6.52. The Labute approximate surface area is 146 Å². The molecule has 4 nitrogen and oxygen atoms in total. The van der Waals surface area contributed by atoms with Gasteiger partial charge in [-0.3, -0.25) is 0 Å². The van der Waals surface area contributed by atoms with Gasteiger partial charge in [-0.1, -0.05) is 29.8 Å². The lowest BCUT2D eigenvalue weighted by molar-refractivity contribution is -0.139. The van der Waals surface area contributed by atoms with Gasteiger partial charge in [0.1, 0.15) is 0 Å². The standard InChI is InChI=1S/C17H19ClN2O2S/c1-3-22-16(21)14-10(2)20(11-8-9-11)17(23)19-15(14)12-6-4-5-7-13(12)18/h4-7,11,15H,3,8-9H2,1-2H3,(H,19,23)/t15-/m0/s1. The second kappa shape index (κ2) is 6.49. The van der Waals surface area contributed by atoms with Gasteiger partial charge in [0.15, 0.2) is 5.11 Å². The van der Waals surface area contributed by atoms with E-state index in [4.69, 9.17) is 28.6 Å². The Kier molecular flexibility index (Phi) is 4.60. The number of halogens is 1. The van der Waals surface area contributed by atoms with Crippen molar-refractivity contribution in [1.82, 2.24) is 10.2 Å². The molecule has 0 unspecified atom stereocenters. The van der Waals surface area contributed by atoms with Crippen molar-refractivity contribution in [3.63, 3.8) is 0 Å². The van der Waals surface area contributed by atoms with Gasteiger partial charge in [-0.05, 0) is 50.5 Å². The number of allylic oxidation sites excluding steroid dienone is 1.